The maximum Gasteiger partial charge on any atom is 0.258 e. The first-order chi connectivity index (χ1) is 8.56. The fourth-order valence-corrected chi connectivity index (χ4v) is 1.56. The highest BCUT2D eigenvalue weighted by Gasteiger charge is 2.12. The molecule has 0 bridgehead atoms. The molecule has 0 saturated carbocycles. The third-order valence-electron chi connectivity index (χ3n) is 2.57. The van der Waals surface area contributed by atoms with E-state index in [0.717, 1.165) is 5.56 Å². The number of hydrogen-bond donors (Lipinski definition) is 1. The van der Waals surface area contributed by atoms with Crippen molar-refractivity contribution >= 4 is 0 Å². The van der Waals surface area contributed by atoms with Crippen LogP contribution in [0.4, 0.5) is 4.39 Å². The van der Waals surface area contributed by atoms with Crippen LogP contribution in [0.1, 0.15) is 25.2 Å². The summed E-state index contributed by atoms with van der Waals surface area (Å²) in [7, 11) is 0. The molecule has 4 nitrogen and oxygen atoms in total. The van der Waals surface area contributed by atoms with Gasteiger partial charge in [0.1, 0.15) is 5.82 Å². The lowest BCUT2D eigenvalue weighted by Gasteiger charge is -2.03. The van der Waals surface area contributed by atoms with Crippen LogP contribution in [0, 0.1) is 12.7 Å². The third-order valence-corrected chi connectivity index (χ3v) is 2.57. The first-order valence-corrected chi connectivity index (χ1v) is 5.89. The molecule has 1 aromatic heterocycles. The van der Waals surface area contributed by atoms with Crippen LogP contribution >= 0.6 is 0 Å². The molecule has 0 fully saturated rings. The van der Waals surface area contributed by atoms with Gasteiger partial charge in [-0.25, -0.2) is 4.39 Å². The Morgan fingerprint density at radius 2 is 2.17 bits per heavy atom. The number of rotatable bonds is 4. The van der Waals surface area contributed by atoms with Crippen LogP contribution in [0.3, 0.4) is 0 Å². The molecule has 0 spiro atoms. The molecule has 96 valence electrons. The Bertz CT molecular complexity index is 537. The minimum Gasteiger partial charge on any atom is -0.334 e. The van der Waals surface area contributed by atoms with Crippen molar-refractivity contribution in [2.45, 2.75) is 33.4 Å². The second kappa shape index (κ2) is 5.27. The molecule has 2 aromatic rings. The van der Waals surface area contributed by atoms with Crippen LogP contribution < -0.4 is 5.32 Å². The summed E-state index contributed by atoms with van der Waals surface area (Å²) in [5, 5.41) is 7.06. The van der Waals surface area contributed by atoms with Crippen molar-refractivity contribution < 1.29 is 8.91 Å². The molecule has 1 heterocycles. The van der Waals surface area contributed by atoms with Crippen LogP contribution in [0.2, 0.25) is 0 Å². The first-order valence-electron chi connectivity index (χ1n) is 5.89. The number of aryl methyl sites for hydroxylation is 1. The van der Waals surface area contributed by atoms with E-state index in [9.17, 15) is 4.39 Å². The van der Waals surface area contributed by atoms with E-state index in [4.69, 9.17) is 4.52 Å². The van der Waals surface area contributed by atoms with Crippen molar-refractivity contribution in [1.82, 2.24) is 15.5 Å². The summed E-state index contributed by atoms with van der Waals surface area (Å²) >= 11 is 0. The molecule has 0 atom stereocenters. The average molecular weight is 249 g/mol. The zero-order valence-corrected chi connectivity index (χ0v) is 10.7. The lowest BCUT2D eigenvalue weighted by Crippen LogP contribution is -2.22. The molecule has 0 unspecified atom stereocenters. The molecule has 0 radical (unpaired) electrons. The van der Waals surface area contributed by atoms with Gasteiger partial charge in [-0.15, -0.1) is 0 Å². The summed E-state index contributed by atoms with van der Waals surface area (Å²) in [5.41, 5.74) is 1.54. The number of aromatic nitrogens is 2. The van der Waals surface area contributed by atoms with Gasteiger partial charge in [-0.2, -0.15) is 4.98 Å². The second-order valence-corrected chi connectivity index (χ2v) is 4.51. The van der Waals surface area contributed by atoms with E-state index in [1.165, 1.54) is 12.1 Å². The number of nitrogens with zero attached hydrogens (tertiary/aromatic N) is 2. The molecule has 0 aliphatic carbocycles. The highest BCUT2D eigenvalue weighted by Crippen LogP contribution is 2.22. The summed E-state index contributed by atoms with van der Waals surface area (Å²) in [6, 6.07) is 4.86. The molecule has 5 heteroatoms. The third kappa shape index (κ3) is 2.92. The molecular weight excluding hydrogens is 233 g/mol. The van der Waals surface area contributed by atoms with E-state index >= 15 is 0 Å². The van der Waals surface area contributed by atoms with Crippen LogP contribution in [-0.4, -0.2) is 16.2 Å². The Morgan fingerprint density at radius 1 is 1.39 bits per heavy atom. The number of halogens is 1. The number of nitrogens with one attached hydrogen (secondary N) is 1. The highest BCUT2D eigenvalue weighted by molar-refractivity contribution is 5.57. The predicted molar refractivity (Wildman–Crippen MR) is 66.4 cm³/mol. The van der Waals surface area contributed by atoms with Gasteiger partial charge in [-0.3, -0.25) is 0 Å². The van der Waals surface area contributed by atoms with E-state index in [1.54, 1.807) is 6.07 Å². The summed E-state index contributed by atoms with van der Waals surface area (Å²) in [6.07, 6.45) is 0. The Kier molecular flexibility index (Phi) is 3.72. The zero-order valence-electron chi connectivity index (χ0n) is 10.7. The van der Waals surface area contributed by atoms with E-state index in [2.05, 4.69) is 15.5 Å². The van der Waals surface area contributed by atoms with Gasteiger partial charge in [-0.1, -0.05) is 25.1 Å². The van der Waals surface area contributed by atoms with Crippen molar-refractivity contribution in [1.29, 1.82) is 0 Å². The molecule has 2 rings (SSSR count). The monoisotopic (exact) mass is 249 g/mol. The molecule has 0 amide bonds. The predicted octanol–water partition coefficient (Wildman–Crippen LogP) is 2.68. The van der Waals surface area contributed by atoms with Gasteiger partial charge in [0.25, 0.3) is 5.89 Å². The number of benzene rings is 1. The minimum absolute atomic E-state index is 0.310. The summed E-state index contributed by atoms with van der Waals surface area (Å²) in [6.45, 7) is 6.50. The van der Waals surface area contributed by atoms with Gasteiger partial charge in [0.05, 0.1) is 6.54 Å². The van der Waals surface area contributed by atoms with Crippen LogP contribution in [0.5, 0.6) is 0 Å². The van der Waals surface area contributed by atoms with E-state index in [0.29, 0.717) is 29.9 Å². The topological polar surface area (TPSA) is 51.0 Å². The molecule has 0 aliphatic rings. The van der Waals surface area contributed by atoms with Crippen molar-refractivity contribution in [3.8, 4) is 11.5 Å². The Labute approximate surface area is 105 Å². The smallest absolute Gasteiger partial charge is 0.258 e. The second-order valence-electron chi connectivity index (χ2n) is 4.51. The Hall–Kier alpha value is -1.75. The normalized spacial score (nSPS) is 11.2. The van der Waals surface area contributed by atoms with E-state index < -0.39 is 0 Å². The molecule has 1 aromatic carbocycles. The molecule has 18 heavy (non-hydrogen) atoms. The standard InChI is InChI=1S/C13H16FN3O/c1-8(2)15-7-12-16-13(18-17-12)11-6-10(14)5-4-9(11)3/h4-6,8,15H,7H2,1-3H3. The molecule has 1 N–H and O–H groups in total. The van der Waals surface area contributed by atoms with E-state index in [1.807, 2.05) is 20.8 Å². The van der Waals surface area contributed by atoms with Crippen LogP contribution in [0.25, 0.3) is 11.5 Å². The van der Waals surface area contributed by atoms with Gasteiger partial charge >= 0.3 is 0 Å². The van der Waals surface area contributed by atoms with Gasteiger partial charge in [0.15, 0.2) is 5.82 Å². The Morgan fingerprint density at radius 3 is 2.89 bits per heavy atom. The average Bonchev–Trinajstić information content (AvgIpc) is 2.78. The van der Waals surface area contributed by atoms with Crippen molar-refractivity contribution in [2.75, 3.05) is 0 Å². The van der Waals surface area contributed by atoms with Gasteiger partial charge in [0, 0.05) is 11.6 Å². The number of hydrogen-bond acceptors (Lipinski definition) is 4. The lowest BCUT2D eigenvalue weighted by atomic mass is 10.1. The maximum absolute atomic E-state index is 13.2. The van der Waals surface area contributed by atoms with Crippen molar-refractivity contribution in [3.63, 3.8) is 0 Å². The fourth-order valence-electron chi connectivity index (χ4n) is 1.56. The highest BCUT2D eigenvalue weighted by atomic mass is 19.1. The van der Waals surface area contributed by atoms with Gasteiger partial charge < -0.3 is 9.84 Å². The minimum atomic E-state index is -0.310. The Balaban J connectivity index is 2.21. The summed E-state index contributed by atoms with van der Waals surface area (Å²) in [4.78, 5) is 4.25. The quantitative estimate of drug-likeness (QED) is 0.905. The van der Waals surface area contributed by atoms with Crippen molar-refractivity contribution in [3.05, 3.63) is 35.4 Å². The van der Waals surface area contributed by atoms with E-state index in [-0.39, 0.29) is 5.82 Å². The summed E-state index contributed by atoms with van der Waals surface area (Å²) < 4.78 is 18.3. The van der Waals surface area contributed by atoms with Gasteiger partial charge in [-0.05, 0) is 24.6 Å². The molecular formula is C13H16FN3O. The molecule has 0 saturated heterocycles. The zero-order chi connectivity index (χ0) is 13.1. The van der Waals surface area contributed by atoms with Crippen LogP contribution in [0.15, 0.2) is 22.7 Å². The lowest BCUT2D eigenvalue weighted by molar-refractivity contribution is 0.416. The van der Waals surface area contributed by atoms with Gasteiger partial charge in [0.2, 0.25) is 0 Å². The maximum atomic E-state index is 13.2. The first kappa shape index (κ1) is 12.7. The van der Waals surface area contributed by atoms with Crippen molar-refractivity contribution in [2.24, 2.45) is 0 Å². The van der Waals surface area contributed by atoms with Crippen LogP contribution in [-0.2, 0) is 6.54 Å². The fraction of sp³-hybridized carbons (Fsp3) is 0.385. The largest absolute Gasteiger partial charge is 0.334 e. The summed E-state index contributed by atoms with van der Waals surface area (Å²) in [5.74, 6) is 0.616. The molecule has 0 aliphatic heterocycles. The SMILES string of the molecule is Cc1ccc(F)cc1-c1nc(CNC(C)C)no1.